The van der Waals surface area contributed by atoms with Crippen molar-refractivity contribution in [2.75, 3.05) is 0 Å². The number of hydrogen-bond donors (Lipinski definition) is 1. The molecule has 2 rings (SSSR count). The molecule has 1 aromatic carbocycles. The van der Waals surface area contributed by atoms with E-state index in [2.05, 4.69) is 4.98 Å². The highest BCUT2D eigenvalue weighted by atomic mass is 19.2. The smallest absolute Gasteiger partial charge is 0.337 e. The molecule has 2 aromatic rings. The second kappa shape index (κ2) is 5.43. The summed E-state index contributed by atoms with van der Waals surface area (Å²) in [4.78, 5) is 14.4. The highest BCUT2D eigenvalue weighted by Crippen LogP contribution is 2.15. The summed E-state index contributed by atoms with van der Waals surface area (Å²) in [7, 11) is 0. The Labute approximate surface area is 107 Å². The van der Waals surface area contributed by atoms with E-state index in [4.69, 9.17) is 9.84 Å². The Hall–Kier alpha value is -2.50. The van der Waals surface area contributed by atoms with E-state index in [9.17, 15) is 13.6 Å². The van der Waals surface area contributed by atoms with Crippen molar-refractivity contribution in [1.82, 2.24) is 4.98 Å². The molecule has 0 saturated heterocycles. The fraction of sp³-hybridized carbons (Fsp3) is 0.0769. The second-order valence-corrected chi connectivity index (χ2v) is 3.75. The van der Waals surface area contributed by atoms with Crippen LogP contribution in [0.5, 0.6) is 5.75 Å². The van der Waals surface area contributed by atoms with E-state index < -0.39 is 17.6 Å². The summed E-state index contributed by atoms with van der Waals surface area (Å²) in [5, 5.41) is 8.77. The van der Waals surface area contributed by atoms with Gasteiger partial charge < -0.3 is 9.84 Å². The molecule has 1 N–H and O–H groups in total. The average Bonchev–Trinajstić information content (AvgIpc) is 2.40. The number of ether oxygens (including phenoxy) is 1. The summed E-state index contributed by atoms with van der Waals surface area (Å²) < 4.78 is 30.9. The number of hydrogen-bond acceptors (Lipinski definition) is 3. The van der Waals surface area contributed by atoms with Crippen LogP contribution in [0, 0.1) is 11.6 Å². The molecule has 0 unspecified atom stereocenters. The van der Waals surface area contributed by atoms with E-state index >= 15 is 0 Å². The van der Waals surface area contributed by atoms with Crippen LogP contribution >= 0.6 is 0 Å². The Kier molecular flexibility index (Phi) is 3.70. The average molecular weight is 265 g/mol. The lowest BCUT2D eigenvalue weighted by molar-refractivity contribution is 0.0696. The van der Waals surface area contributed by atoms with Crippen LogP contribution in [-0.2, 0) is 6.61 Å². The van der Waals surface area contributed by atoms with Crippen molar-refractivity contribution in [3.05, 3.63) is 59.4 Å². The lowest BCUT2D eigenvalue weighted by atomic mass is 10.2. The van der Waals surface area contributed by atoms with Gasteiger partial charge in [0.05, 0.1) is 11.8 Å². The maximum absolute atomic E-state index is 13.0. The van der Waals surface area contributed by atoms with E-state index in [1.165, 1.54) is 24.5 Å². The molecule has 0 atom stereocenters. The molecule has 0 aliphatic heterocycles. The van der Waals surface area contributed by atoms with Gasteiger partial charge in [0.25, 0.3) is 0 Å². The number of rotatable bonds is 4. The van der Waals surface area contributed by atoms with E-state index in [0.29, 0.717) is 5.56 Å². The first kappa shape index (κ1) is 12.9. The summed E-state index contributed by atoms with van der Waals surface area (Å²) in [6, 6.07) is 4.70. The number of benzene rings is 1. The zero-order chi connectivity index (χ0) is 13.8. The van der Waals surface area contributed by atoms with Gasteiger partial charge in [-0.3, -0.25) is 4.98 Å². The molecule has 0 saturated carbocycles. The van der Waals surface area contributed by atoms with Crippen LogP contribution in [0.15, 0.2) is 36.7 Å². The van der Waals surface area contributed by atoms with Gasteiger partial charge in [0.15, 0.2) is 11.6 Å². The number of aromatic nitrogens is 1. The number of pyridine rings is 1. The van der Waals surface area contributed by atoms with E-state index in [0.717, 1.165) is 12.1 Å². The maximum Gasteiger partial charge on any atom is 0.337 e. The molecule has 1 aromatic heterocycles. The van der Waals surface area contributed by atoms with Gasteiger partial charge in [-0.15, -0.1) is 0 Å². The highest BCUT2D eigenvalue weighted by Gasteiger charge is 2.06. The van der Waals surface area contributed by atoms with Gasteiger partial charge in [-0.05, 0) is 23.8 Å². The number of carbonyl (C=O) groups is 1. The number of carboxylic acids is 1. The number of aromatic carboxylic acids is 1. The molecule has 98 valence electrons. The number of carboxylic acid groups (broad SMARTS) is 1. The predicted octanol–water partition coefficient (Wildman–Crippen LogP) is 2.64. The van der Waals surface area contributed by atoms with Gasteiger partial charge in [0.1, 0.15) is 12.4 Å². The third-order valence-electron chi connectivity index (χ3n) is 2.35. The van der Waals surface area contributed by atoms with Gasteiger partial charge in [0, 0.05) is 6.20 Å². The fourth-order valence-electron chi connectivity index (χ4n) is 1.41. The molecular weight excluding hydrogens is 256 g/mol. The standard InChI is InChI=1S/C13H9F2NO3/c14-11-2-1-8(3-12(11)15)7-19-10-4-9(13(17)18)5-16-6-10/h1-6H,7H2,(H,17,18). The van der Waals surface area contributed by atoms with Crippen molar-refractivity contribution >= 4 is 5.97 Å². The quantitative estimate of drug-likeness (QED) is 0.923. The van der Waals surface area contributed by atoms with Crippen LogP contribution in [0.4, 0.5) is 8.78 Å². The minimum absolute atomic E-state index is 0.0113. The lowest BCUT2D eigenvalue weighted by Crippen LogP contribution is -2.01. The normalized spacial score (nSPS) is 10.2. The molecule has 0 aliphatic rings. The van der Waals surface area contributed by atoms with E-state index in [1.807, 2.05) is 0 Å². The maximum atomic E-state index is 13.0. The number of nitrogens with zero attached hydrogens (tertiary/aromatic N) is 1. The highest BCUT2D eigenvalue weighted by molar-refractivity contribution is 5.87. The second-order valence-electron chi connectivity index (χ2n) is 3.75. The summed E-state index contributed by atoms with van der Waals surface area (Å²) in [5.41, 5.74) is 0.419. The Morgan fingerprint density at radius 1 is 1.21 bits per heavy atom. The van der Waals surface area contributed by atoms with Crippen LogP contribution in [0.25, 0.3) is 0 Å². The molecule has 0 bridgehead atoms. The van der Waals surface area contributed by atoms with Gasteiger partial charge in [0.2, 0.25) is 0 Å². The van der Waals surface area contributed by atoms with Gasteiger partial charge in [-0.1, -0.05) is 6.07 Å². The molecule has 0 aliphatic carbocycles. The van der Waals surface area contributed by atoms with Crippen LogP contribution < -0.4 is 4.74 Å². The zero-order valence-electron chi connectivity index (χ0n) is 9.64. The minimum Gasteiger partial charge on any atom is -0.487 e. The summed E-state index contributed by atoms with van der Waals surface area (Å²) in [5.74, 6) is -2.77. The van der Waals surface area contributed by atoms with Crippen LogP contribution in [0.3, 0.4) is 0 Å². The molecule has 4 nitrogen and oxygen atoms in total. The van der Waals surface area contributed by atoms with E-state index in [1.54, 1.807) is 0 Å². The van der Waals surface area contributed by atoms with E-state index in [-0.39, 0.29) is 17.9 Å². The first-order valence-corrected chi connectivity index (χ1v) is 5.31. The Morgan fingerprint density at radius 3 is 2.68 bits per heavy atom. The third-order valence-corrected chi connectivity index (χ3v) is 2.35. The van der Waals surface area contributed by atoms with Gasteiger partial charge >= 0.3 is 5.97 Å². The third kappa shape index (κ3) is 3.25. The van der Waals surface area contributed by atoms with Gasteiger partial charge in [-0.25, -0.2) is 13.6 Å². The zero-order valence-corrected chi connectivity index (χ0v) is 9.64. The van der Waals surface area contributed by atoms with Crippen LogP contribution in [0.2, 0.25) is 0 Å². The predicted molar refractivity (Wildman–Crippen MR) is 61.9 cm³/mol. The fourth-order valence-corrected chi connectivity index (χ4v) is 1.41. The monoisotopic (exact) mass is 265 g/mol. The molecular formula is C13H9F2NO3. The minimum atomic E-state index is -1.12. The van der Waals surface area contributed by atoms with Crippen molar-refractivity contribution in [2.45, 2.75) is 6.61 Å². The molecule has 6 heteroatoms. The van der Waals surface area contributed by atoms with Crippen molar-refractivity contribution in [1.29, 1.82) is 0 Å². The molecule has 0 radical (unpaired) electrons. The summed E-state index contributed by atoms with van der Waals surface area (Å²) in [6.45, 7) is -0.0120. The summed E-state index contributed by atoms with van der Waals surface area (Å²) in [6.07, 6.45) is 2.53. The van der Waals surface area contributed by atoms with Crippen molar-refractivity contribution in [3.63, 3.8) is 0 Å². The van der Waals surface area contributed by atoms with Crippen molar-refractivity contribution < 1.29 is 23.4 Å². The topological polar surface area (TPSA) is 59.4 Å². The van der Waals surface area contributed by atoms with Crippen LogP contribution in [-0.4, -0.2) is 16.1 Å². The van der Waals surface area contributed by atoms with Crippen LogP contribution in [0.1, 0.15) is 15.9 Å². The first-order chi connectivity index (χ1) is 9.06. The lowest BCUT2D eigenvalue weighted by Gasteiger charge is -2.06. The first-order valence-electron chi connectivity index (χ1n) is 5.31. The Bertz CT molecular complexity index is 617. The molecule has 0 amide bonds. The molecule has 1 heterocycles. The Morgan fingerprint density at radius 2 is 2.00 bits per heavy atom. The largest absolute Gasteiger partial charge is 0.487 e. The Balaban J connectivity index is 2.07. The molecule has 19 heavy (non-hydrogen) atoms. The van der Waals surface area contributed by atoms with Crippen molar-refractivity contribution in [2.24, 2.45) is 0 Å². The van der Waals surface area contributed by atoms with Crippen molar-refractivity contribution in [3.8, 4) is 5.75 Å². The van der Waals surface area contributed by atoms with Gasteiger partial charge in [-0.2, -0.15) is 0 Å². The molecule has 0 fully saturated rings. The SMILES string of the molecule is O=C(O)c1cncc(OCc2ccc(F)c(F)c2)c1. The number of halogens is 2. The molecule has 0 spiro atoms. The summed E-state index contributed by atoms with van der Waals surface area (Å²) >= 11 is 0.